The number of aromatic hydroxyl groups is 2. The predicted molar refractivity (Wildman–Crippen MR) is 73.0 cm³/mol. The average Bonchev–Trinajstić information content (AvgIpc) is 2.37. The number of phenolic OH excluding ortho intramolecular Hbond substituents is 2. The Morgan fingerprint density at radius 2 is 1.11 bits per heavy atom. The molecule has 0 spiro atoms. The molecule has 2 aromatic carbocycles. The molecule has 18 heavy (non-hydrogen) atoms. The molecule has 0 bridgehead atoms. The molecule has 0 aliphatic heterocycles. The molecule has 0 saturated heterocycles. The first kappa shape index (κ1) is 12.5. The minimum atomic E-state index is 0.277. The molecular weight excluding hydrogens is 224 g/mol. The van der Waals surface area contributed by atoms with Gasteiger partial charge in [0.15, 0.2) is 0 Å². The number of hydrogen-bond acceptors (Lipinski definition) is 2. The Morgan fingerprint density at radius 1 is 0.722 bits per heavy atom. The van der Waals surface area contributed by atoms with Crippen LogP contribution in [0.3, 0.4) is 0 Å². The Balaban J connectivity index is 2.26. The van der Waals surface area contributed by atoms with Gasteiger partial charge < -0.3 is 10.2 Å². The molecule has 0 aliphatic rings. The van der Waals surface area contributed by atoms with Crippen molar-refractivity contribution in [3.8, 4) is 11.5 Å². The largest absolute Gasteiger partial charge is 0.508 e. The van der Waals surface area contributed by atoms with E-state index in [2.05, 4.69) is 13.8 Å². The standard InChI is InChI=1S/C16H18O2/c1-11(13-5-3-7-15(17)9-13)12(2)14-6-4-8-16(18)10-14/h3-12,17-18H,1-2H3/t11-,12-/m0/s1. The molecule has 2 atom stereocenters. The van der Waals surface area contributed by atoms with Gasteiger partial charge in [-0.2, -0.15) is 0 Å². The molecule has 0 radical (unpaired) electrons. The molecule has 2 aromatic rings. The van der Waals surface area contributed by atoms with Crippen LogP contribution in [0.5, 0.6) is 11.5 Å². The number of rotatable bonds is 3. The summed E-state index contributed by atoms with van der Waals surface area (Å²) in [7, 11) is 0. The highest BCUT2D eigenvalue weighted by molar-refractivity contribution is 5.35. The maximum atomic E-state index is 9.52. The lowest BCUT2D eigenvalue weighted by Gasteiger charge is -2.21. The van der Waals surface area contributed by atoms with Crippen LogP contribution in [0.4, 0.5) is 0 Å². The molecule has 0 fully saturated rings. The second-order valence-corrected chi connectivity index (χ2v) is 4.77. The molecule has 2 nitrogen and oxygen atoms in total. The summed E-state index contributed by atoms with van der Waals surface area (Å²) >= 11 is 0. The van der Waals surface area contributed by atoms with Gasteiger partial charge in [-0.15, -0.1) is 0 Å². The Kier molecular flexibility index (Phi) is 3.56. The zero-order valence-corrected chi connectivity index (χ0v) is 10.7. The molecule has 0 aliphatic carbocycles. The molecule has 2 heteroatoms. The number of benzene rings is 2. The smallest absolute Gasteiger partial charge is 0.115 e. The van der Waals surface area contributed by atoms with Crippen molar-refractivity contribution in [3.05, 3.63) is 59.7 Å². The van der Waals surface area contributed by atoms with Gasteiger partial charge in [0.2, 0.25) is 0 Å². The van der Waals surface area contributed by atoms with Crippen LogP contribution < -0.4 is 0 Å². The van der Waals surface area contributed by atoms with Crippen LogP contribution in [0.15, 0.2) is 48.5 Å². The minimum absolute atomic E-state index is 0.277. The normalized spacial score (nSPS) is 14.1. The zero-order valence-electron chi connectivity index (χ0n) is 10.7. The maximum Gasteiger partial charge on any atom is 0.115 e. The fourth-order valence-electron chi connectivity index (χ4n) is 2.19. The molecule has 94 valence electrons. The van der Waals surface area contributed by atoms with E-state index in [1.54, 1.807) is 24.3 Å². The van der Waals surface area contributed by atoms with E-state index in [0.717, 1.165) is 11.1 Å². The van der Waals surface area contributed by atoms with E-state index in [0.29, 0.717) is 11.5 Å². The van der Waals surface area contributed by atoms with Gasteiger partial charge in [0.1, 0.15) is 11.5 Å². The summed E-state index contributed by atoms with van der Waals surface area (Å²) in [5.41, 5.74) is 2.21. The fourth-order valence-corrected chi connectivity index (χ4v) is 2.19. The Labute approximate surface area is 108 Å². The summed E-state index contributed by atoms with van der Waals surface area (Å²) in [6.45, 7) is 4.26. The van der Waals surface area contributed by atoms with Gasteiger partial charge in [-0.25, -0.2) is 0 Å². The van der Waals surface area contributed by atoms with E-state index in [9.17, 15) is 10.2 Å². The quantitative estimate of drug-likeness (QED) is 0.853. The molecule has 0 saturated carbocycles. The second kappa shape index (κ2) is 5.13. The van der Waals surface area contributed by atoms with E-state index in [1.165, 1.54) is 0 Å². The van der Waals surface area contributed by atoms with E-state index >= 15 is 0 Å². The van der Waals surface area contributed by atoms with Crippen LogP contribution >= 0.6 is 0 Å². The van der Waals surface area contributed by atoms with Gasteiger partial charge in [0.05, 0.1) is 0 Å². The van der Waals surface area contributed by atoms with E-state index in [1.807, 2.05) is 24.3 Å². The van der Waals surface area contributed by atoms with Crippen molar-refractivity contribution in [1.82, 2.24) is 0 Å². The average molecular weight is 242 g/mol. The lowest BCUT2D eigenvalue weighted by Crippen LogP contribution is -2.04. The Morgan fingerprint density at radius 3 is 1.44 bits per heavy atom. The highest BCUT2D eigenvalue weighted by atomic mass is 16.3. The molecule has 0 aromatic heterocycles. The Hall–Kier alpha value is -1.96. The monoisotopic (exact) mass is 242 g/mol. The maximum absolute atomic E-state index is 9.52. The van der Waals surface area contributed by atoms with Crippen molar-refractivity contribution in [1.29, 1.82) is 0 Å². The highest BCUT2D eigenvalue weighted by Gasteiger charge is 2.16. The van der Waals surface area contributed by atoms with Gasteiger partial charge in [-0.05, 0) is 47.2 Å². The lowest BCUT2D eigenvalue weighted by atomic mass is 9.84. The predicted octanol–water partition coefficient (Wildman–Crippen LogP) is 4.01. The summed E-state index contributed by atoms with van der Waals surface area (Å²) < 4.78 is 0. The van der Waals surface area contributed by atoms with Crippen LogP contribution in [0.1, 0.15) is 36.8 Å². The zero-order chi connectivity index (χ0) is 13.1. The SMILES string of the molecule is C[C@H](c1cccc(O)c1)[C@H](C)c1cccc(O)c1. The molecule has 0 amide bonds. The summed E-state index contributed by atoms with van der Waals surface area (Å²) in [5.74, 6) is 1.14. The van der Waals surface area contributed by atoms with Crippen LogP contribution in [-0.2, 0) is 0 Å². The van der Waals surface area contributed by atoms with Gasteiger partial charge in [-0.3, -0.25) is 0 Å². The molecule has 2 rings (SSSR count). The van der Waals surface area contributed by atoms with Crippen molar-refractivity contribution in [2.75, 3.05) is 0 Å². The van der Waals surface area contributed by atoms with E-state index < -0.39 is 0 Å². The third-order valence-corrected chi connectivity index (χ3v) is 3.54. The summed E-state index contributed by atoms with van der Waals surface area (Å²) in [6, 6.07) is 14.7. The van der Waals surface area contributed by atoms with Crippen LogP contribution in [-0.4, -0.2) is 10.2 Å². The van der Waals surface area contributed by atoms with Crippen LogP contribution in [0.25, 0.3) is 0 Å². The summed E-state index contributed by atoms with van der Waals surface area (Å²) in [6.07, 6.45) is 0. The highest BCUT2D eigenvalue weighted by Crippen LogP contribution is 2.34. The van der Waals surface area contributed by atoms with Crippen molar-refractivity contribution in [2.24, 2.45) is 0 Å². The molecular formula is C16H18O2. The summed E-state index contributed by atoms with van der Waals surface area (Å²) in [5, 5.41) is 19.0. The van der Waals surface area contributed by atoms with Crippen LogP contribution in [0.2, 0.25) is 0 Å². The first-order valence-corrected chi connectivity index (χ1v) is 6.16. The topological polar surface area (TPSA) is 40.5 Å². The number of hydrogen-bond donors (Lipinski definition) is 2. The lowest BCUT2D eigenvalue weighted by molar-refractivity contribution is 0.470. The second-order valence-electron chi connectivity index (χ2n) is 4.77. The van der Waals surface area contributed by atoms with Gasteiger partial charge in [0.25, 0.3) is 0 Å². The molecule has 2 N–H and O–H groups in total. The Bertz CT molecular complexity index is 485. The minimum Gasteiger partial charge on any atom is -0.508 e. The van der Waals surface area contributed by atoms with Crippen LogP contribution in [0, 0.1) is 0 Å². The number of phenols is 2. The van der Waals surface area contributed by atoms with Gasteiger partial charge >= 0.3 is 0 Å². The van der Waals surface area contributed by atoms with Crippen molar-refractivity contribution in [2.45, 2.75) is 25.7 Å². The molecule has 0 heterocycles. The first-order chi connectivity index (χ1) is 8.58. The van der Waals surface area contributed by atoms with Gasteiger partial charge in [-0.1, -0.05) is 38.1 Å². The van der Waals surface area contributed by atoms with Crippen molar-refractivity contribution < 1.29 is 10.2 Å². The fraction of sp³-hybridized carbons (Fsp3) is 0.250. The third kappa shape index (κ3) is 2.65. The van der Waals surface area contributed by atoms with E-state index in [-0.39, 0.29) is 11.8 Å². The first-order valence-electron chi connectivity index (χ1n) is 6.16. The van der Waals surface area contributed by atoms with E-state index in [4.69, 9.17) is 0 Å². The third-order valence-electron chi connectivity index (χ3n) is 3.54. The van der Waals surface area contributed by atoms with Crippen molar-refractivity contribution in [3.63, 3.8) is 0 Å². The molecule has 0 unspecified atom stereocenters. The van der Waals surface area contributed by atoms with Gasteiger partial charge in [0, 0.05) is 0 Å². The van der Waals surface area contributed by atoms with Crippen molar-refractivity contribution >= 4 is 0 Å². The summed E-state index contributed by atoms with van der Waals surface area (Å²) in [4.78, 5) is 0.